The van der Waals surface area contributed by atoms with Crippen molar-refractivity contribution in [3.05, 3.63) is 70.7 Å². The van der Waals surface area contributed by atoms with Gasteiger partial charge in [0.25, 0.3) is 0 Å². The minimum absolute atomic E-state index is 0.778. The van der Waals surface area contributed by atoms with Gasteiger partial charge in [-0.1, -0.05) is 24.3 Å². The molecule has 2 aliphatic rings. The molecule has 3 aromatic rings. The normalized spacial score (nSPS) is 17.3. The summed E-state index contributed by atoms with van der Waals surface area (Å²) in [5.41, 5.74) is 4.97. The lowest BCUT2D eigenvalue weighted by Crippen LogP contribution is -2.44. The van der Waals surface area contributed by atoms with Gasteiger partial charge in [-0.05, 0) is 42.4 Å². The van der Waals surface area contributed by atoms with E-state index in [2.05, 4.69) is 74.5 Å². The number of methoxy groups -OCH3 is 1. The van der Waals surface area contributed by atoms with E-state index in [-0.39, 0.29) is 0 Å². The summed E-state index contributed by atoms with van der Waals surface area (Å²) < 4.78 is 11.0. The first-order valence-electron chi connectivity index (χ1n) is 12.8. The molecule has 5 rings (SSSR count). The molecule has 0 saturated carbocycles. The fourth-order valence-electron chi connectivity index (χ4n) is 4.82. The number of hydrogen-bond donors (Lipinski definition) is 0. The third-order valence-electron chi connectivity index (χ3n) is 6.96. The molecule has 3 heterocycles. The Morgan fingerprint density at radius 1 is 0.944 bits per heavy atom. The van der Waals surface area contributed by atoms with Gasteiger partial charge >= 0.3 is 0 Å². The highest BCUT2D eigenvalue weighted by Gasteiger charge is 2.18. The Kier molecular flexibility index (Phi) is 8.38. The van der Waals surface area contributed by atoms with Gasteiger partial charge in [-0.15, -0.1) is 11.3 Å². The second-order valence-corrected chi connectivity index (χ2v) is 10.5. The maximum Gasteiger partial charge on any atom is 0.186 e. The van der Waals surface area contributed by atoms with Crippen LogP contribution in [0.1, 0.15) is 16.8 Å². The third kappa shape index (κ3) is 6.56. The van der Waals surface area contributed by atoms with Crippen LogP contribution in [-0.4, -0.2) is 81.4 Å². The van der Waals surface area contributed by atoms with Gasteiger partial charge in [-0.2, -0.15) is 0 Å². The van der Waals surface area contributed by atoms with Crippen LogP contribution in [0.2, 0.25) is 0 Å². The first-order chi connectivity index (χ1) is 17.7. The largest absolute Gasteiger partial charge is 0.497 e. The fourth-order valence-corrected chi connectivity index (χ4v) is 5.64. The lowest BCUT2D eigenvalue weighted by molar-refractivity contribution is 0.0337. The molecule has 0 aliphatic carbocycles. The SMILES string of the molecule is COc1cccc(CN(Cc2cccc(N3CCN(C)CC3)c2)c2nc(CN3CCOCC3)cs2)c1. The molecule has 8 heteroatoms. The van der Waals surface area contributed by atoms with Crippen molar-refractivity contribution in [1.82, 2.24) is 14.8 Å². The minimum atomic E-state index is 0.778. The van der Waals surface area contributed by atoms with Crippen LogP contribution in [0.5, 0.6) is 5.75 Å². The van der Waals surface area contributed by atoms with Gasteiger partial charge in [0.2, 0.25) is 0 Å². The summed E-state index contributed by atoms with van der Waals surface area (Å²) in [6.07, 6.45) is 0. The number of likely N-dealkylation sites (N-methyl/N-ethyl adjacent to an activating group) is 1. The second kappa shape index (κ2) is 12.1. The molecule has 36 heavy (non-hydrogen) atoms. The van der Waals surface area contributed by atoms with Crippen LogP contribution in [-0.2, 0) is 24.4 Å². The van der Waals surface area contributed by atoms with Gasteiger partial charge in [0, 0.05) is 70.0 Å². The van der Waals surface area contributed by atoms with Gasteiger partial charge in [0.1, 0.15) is 5.75 Å². The standard InChI is InChI=1S/C28H37N5O2S/c1-30-9-11-32(12-10-30)26-7-3-5-23(17-26)19-33(20-24-6-4-8-27(18-24)34-2)28-29-25(22-36-28)21-31-13-15-35-16-14-31/h3-8,17-18,22H,9-16,19-21H2,1-2H3. The van der Waals surface area contributed by atoms with Crippen molar-refractivity contribution in [3.8, 4) is 5.75 Å². The summed E-state index contributed by atoms with van der Waals surface area (Å²) >= 11 is 1.74. The summed E-state index contributed by atoms with van der Waals surface area (Å²) in [5, 5.41) is 3.27. The molecular weight excluding hydrogens is 470 g/mol. The van der Waals surface area contributed by atoms with Gasteiger partial charge in [-0.25, -0.2) is 4.98 Å². The molecule has 1 aromatic heterocycles. The van der Waals surface area contributed by atoms with Crippen LogP contribution in [0.4, 0.5) is 10.8 Å². The summed E-state index contributed by atoms with van der Waals surface area (Å²) in [6, 6.07) is 17.4. The Morgan fingerprint density at radius 2 is 1.67 bits per heavy atom. The molecule has 2 aromatic carbocycles. The number of hydrogen-bond acceptors (Lipinski definition) is 8. The molecule has 192 valence electrons. The molecule has 7 nitrogen and oxygen atoms in total. The van der Waals surface area contributed by atoms with Crippen molar-refractivity contribution in [2.24, 2.45) is 0 Å². The fraction of sp³-hybridized carbons (Fsp3) is 0.464. The van der Waals surface area contributed by atoms with Crippen LogP contribution in [0.3, 0.4) is 0 Å². The number of morpholine rings is 1. The smallest absolute Gasteiger partial charge is 0.186 e. The van der Waals surface area contributed by atoms with Gasteiger partial charge in [-0.3, -0.25) is 4.90 Å². The predicted octanol–water partition coefficient (Wildman–Crippen LogP) is 3.94. The highest BCUT2D eigenvalue weighted by Crippen LogP contribution is 2.28. The van der Waals surface area contributed by atoms with Crippen molar-refractivity contribution in [3.63, 3.8) is 0 Å². The van der Waals surface area contributed by atoms with Crippen molar-refractivity contribution < 1.29 is 9.47 Å². The lowest BCUT2D eigenvalue weighted by Gasteiger charge is -2.34. The van der Waals surface area contributed by atoms with Crippen LogP contribution in [0.15, 0.2) is 53.9 Å². The Bertz CT molecular complexity index is 1110. The Morgan fingerprint density at radius 3 is 2.42 bits per heavy atom. The molecule has 0 radical (unpaired) electrons. The number of ether oxygens (including phenoxy) is 2. The molecule has 2 aliphatic heterocycles. The predicted molar refractivity (Wildman–Crippen MR) is 147 cm³/mol. The Hall–Kier alpha value is -2.65. The molecule has 2 fully saturated rings. The molecule has 0 N–H and O–H groups in total. The van der Waals surface area contributed by atoms with E-state index in [1.54, 1.807) is 18.4 Å². The van der Waals surface area contributed by atoms with Crippen LogP contribution < -0.4 is 14.5 Å². The zero-order valence-corrected chi connectivity index (χ0v) is 22.3. The molecule has 0 spiro atoms. The van der Waals surface area contributed by atoms with E-state index in [1.807, 2.05) is 6.07 Å². The number of anilines is 2. The first-order valence-corrected chi connectivity index (χ1v) is 13.7. The third-order valence-corrected chi connectivity index (χ3v) is 7.91. The molecule has 0 unspecified atom stereocenters. The van der Waals surface area contributed by atoms with E-state index in [1.165, 1.54) is 16.8 Å². The van der Waals surface area contributed by atoms with Crippen LogP contribution in [0.25, 0.3) is 0 Å². The molecule has 0 amide bonds. The number of piperazine rings is 1. The Balaban J connectivity index is 1.35. The van der Waals surface area contributed by atoms with Crippen LogP contribution >= 0.6 is 11.3 Å². The van der Waals surface area contributed by atoms with Gasteiger partial charge in [0.05, 0.1) is 26.0 Å². The topological polar surface area (TPSA) is 44.3 Å². The quantitative estimate of drug-likeness (QED) is 0.435. The zero-order chi connectivity index (χ0) is 24.7. The van der Waals surface area contributed by atoms with E-state index >= 15 is 0 Å². The van der Waals surface area contributed by atoms with Crippen molar-refractivity contribution in [1.29, 1.82) is 0 Å². The average molecular weight is 508 g/mol. The number of rotatable bonds is 9. The second-order valence-electron chi connectivity index (χ2n) is 9.68. The first kappa shape index (κ1) is 25.0. The summed E-state index contributed by atoms with van der Waals surface area (Å²) in [7, 11) is 3.92. The number of nitrogens with zero attached hydrogens (tertiary/aromatic N) is 5. The van der Waals surface area contributed by atoms with E-state index in [0.29, 0.717) is 0 Å². The zero-order valence-electron chi connectivity index (χ0n) is 21.4. The van der Waals surface area contributed by atoms with Crippen molar-refractivity contribution in [2.75, 3.05) is 76.4 Å². The summed E-state index contributed by atoms with van der Waals surface area (Å²) in [5.74, 6) is 0.886. The lowest BCUT2D eigenvalue weighted by atomic mass is 10.1. The molecule has 2 saturated heterocycles. The number of benzene rings is 2. The van der Waals surface area contributed by atoms with E-state index in [4.69, 9.17) is 14.5 Å². The average Bonchev–Trinajstić information content (AvgIpc) is 3.38. The minimum Gasteiger partial charge on any atom is -0.497 e. The van der Waals surface area contributed by atoms with Gasteiger partial charge < -0.3 is 24.2 Å². The summed E-state index contributed by atoms with van der Waals surface area (Å²) in [4.78, 5) is 14.8. The number of aromatic nitrogens is 1. The van der Waals surface area contributed by atoms with Crippen molar-refractivity contribution in [2.45, 2.75) is 19.6 Å². The van der Waals surface area contributed by atoms with Crippen molar-refractivity contribution >= 4 is 22.2 Å². The van der Waals surface area contributed by atoms with E-state index in [9.17, 15) is 0 Å². The summed E-state index contributed by atoms with van der Waals surface area (Å²) in [6.45, 7) is 10.4. The monoisotopic (exact) mass is 507 g/mol. The van der Waals surface area contributed by atoms with E-state index < -0.39 is 0 Å². The maximum atomic E-state index is 5.51. The molecule has 0 atom stereocenters. The molecule has 0 bridgehead atoms. The highest BCUT2D eigenvalue weighted by molar-refractivity contribution is 7.13. The van der Waals surface area contributed by atoms with Crippen LogP contribution in [0, 0.1) is 0 Å². The Labute approximate surface area is 218 Å². The van der Waals surface area contributed by atoms with E-state index in [0.717, 1.165) is 88.7 Å². The molecular formula is C28H37N5O2S. The van der Waals surface area contributed by atoms with Gasteiger partial charge in [0.15, 0.2) is 5.13 Å². The highest BCUT2D eigenvalue weighted by atomic mass is 32.1. The number of thiazole rings is 1. The maximum absolute atomic E-state index is 5.51.